The Morgan fingerprint density at radius 2 is 0.862 bits per heavy atom. The normalized spacial score (nSPS) is 11.4. The minimum absolute atomic E-state index is 0.865. The van der Waals surface area contributed by atoms with Crippen molar-refractivity contribution in [2.75, 3.05) is 4.90 Å². The molecule has 1 heterocycles. The number of nitrogens with zero attached hydrogens (tertiary/aromatic N) is 1. The number of rotatable bonds is 7. The van der Waals surface area contributed by atoms with Gasteiger partial charge in [-0.2, -0.15) is 0 Å². The Balaban J connectivity index is 1.11. The molecule has 0 bridgehead atoms. The highest BCUT2D eigenvalue weighted by Crippen LogP contribution is 2.48. The number of benzene rings is 10. The van der Waals surface area contributed by atoms with Gasteiger partial charge in [0.15, 0.2) is 0 Å². The molecular formula is C56H37NO. The van der Waals surface area contributed by atoms with Gasteiger partial charge in [0, 0.05) is 22.0 Å². The van der Waals surface area contributed by atoms with Gasteiger partial charge in [-0.15, -0.1) is 0 Å². The molecule has 0 aliphatic rings. The van der Waals surface area contributed by atoms with Gasteiger partial charge < -0.3 is 9.32 Å². The van der Waals surface area contributed by atoms with Crippen molar-refractivity contribution in [1.29, 1.82) is 0 Å². The molecular weight excluding hydrogens is 703 g/mol. The van der Waals surface area contributed by atoms with Gasteiger partial charge >= 0.3 is 0 Å². The molecule has 0 spiro atoms. The van der Waals surface area contributed by atoms with Gasteiger partial charge in [-0.3, -0.25) is 0 Å². The van der Waals surface area contributed by atoms with Crippen LogP contribution in [0, 0.1) is 0 Å². The zero-order valence-corrected chi connectivity index (χ0v) is 31.7. The molecule has 0 aliphatic carbocycles. The molecule has 11 aromatic rings. The molecule has 0 atom stereocenters. The number of anilines is 3. The van der Waals surface area contributed by atoms with Crippen LogP contribution in [-0.2, 0) is 0 Å². The van der Waals surface area contributed by atoms with Crippen LogP contribution in [0.5, 0.6) is 0 Å². The third-order valence-electron chi connectivity index (χ3n) is 11.5. The Morgan fingerprint density at radius 3 is 1.62 bits per heavy atom. The third kappa shape index (κ3) is 5.82. The Kier molecular flexibility index (Phi) is 8.19. The summed E-state index contributed by atoms with van der Waals surface area (Å²) in [5.74, 6) is 0. The second kappa shape index (κ2) is 14.1. The molecule has 10 aromatic carbocycles. The summed E-state index contributed by atoms with van der Waals surface area (Å²) in [4.78, 5) is 2.42. The average molecular weight is 740 g/mol. The first-order valence-electron chi connectivity index (χ1n) is 19.8. The monoisotopic (exact) mass is 739 g/mol. The van der Waals surface area contributed by atoms with Crippen LogP contribution in [0.25, 0.3) is 88.0 Å². The van der Waals surface area contributed by atoms with Crippen molar-refractivity contribution in [2.24, 2.45) is 0 Å². The lowest BCUT2D eigenvalue weighted by Gasteiger charge is -2.28. The van der Waals surface area contributed by atoms with E-state index in [0.29, 0.717) is 0 Å². The SMILES string of the molecule is c1ccc(-c2ccc(-c3ccc(N(c4ccc(-c5cccc(-c6ccccc6)c5)cc4)c4cccc5c4ccc4ccccc45)c4c3oc3ccccc34)cc2)cc1. The Labute approximate surface area is 337 Å². The zero-order valence-electron chi connectivity index (χ0n) is 31.7. The van der Waals surface area contributed by atoms with Crippen LogP contribution in [-0.4, -0.2) is 0 Å². The molecule has 2 nitrogen and oxygen atoms in total. The summed E-state index contributed by atoms with van der Waals surface area (Å²) in [6.45, 7) is 0. The summed E-state index contributed by atoms with van der Waals surface area (Å²) in [6, 6.07) is 80.6. The highest BCUT2D eigenvalue weighted by atomic mass is 16.3. The van der Waals surface area contributed by atoms with Crippen LogP contribution < -0.4 is 4.90 Å². The lowest BCUT2D eigenvalue weighted by atomic mass is 9.96. The first-order valence-corrected chi connectivity index (χ1v) is 19.8. The van der Waals surface area contributed by atoms with Crippen molar-refractivity contribution < 1.29 is 4.42 Å². The van der Waals surface area contributed by atoms with Gasteiger partial charge in [0.25, 0.3) is 0 Å². The lowest BCUT2D eigenvalue weighted by molar-refractivity contribution is 0.670. The number of furan rings is 1. The smallest absolute Gasteiger partial charge is 0.145 e. The van der Waals surface area contributed by atoms with E-state index in [1.54, 1.807) is 0 Å². The van der Waals surface area contributed by atoms with Crippen LogP contribution in [0.1, 0.15) is 0 Å². The number of fused-ring (bicyclic) bond motifs is 6. The first-order chi connectivity index (χ1) is 28.8. The summed E-state index contributed by atoms with van der Waals surface area (Å²) in [7, 11) is 0. The quantitative estimate of drug-likeness (QED) is 0.151. The second-order valence-corrected chi connectivity index (χ2v) is 14.9. The molecule has 0 amide bonds. The van der Waals surface area contributed by atoms with E-state index in [-0.39, 0.29) is 0 Å². The van der Waals surface area contributed by atoms with Crippen LogP contribution in [0.2, 0.25) is 0 Å². The zero-order chi connectivity index (χ0) is 38.4. The molecule has 0 aliphatic heterocycles. The summed E-state index contributed by atoms with van der Waals surface area (Å²) < 4.78 is 6.86. The Hall–Kier alpha value is -7.68. The van der Waals surface area contributed by atoms with Crippen LogP contribution in [0.4, 0.5) is 17.1 Å². The summed E-state index contributed by atoms with van der Waals surface area (Å²) in [6.07, 6.45) is 0. The van der Waals surface area contributed by atoms with E-state index in [9.17, 15) is 0 Å². The molecule has 0 saturated heterocycles. The largest absolute Gasteiger partial charge is 0.455 e. The maximum absolute atomic E-state index is 6.86. The molecule has 11 rings (SSSR count). The Morgan fingerprint density at radius 1 is 0.310 bits per heavy atom. The van der Waals surface area contributed by atoms with Crippen LogP contribution in [0.3, 0.4) is 0 Å². The van der Waals surface area contributed by atoms with Crippen molar-refractivity contribution >= 4 is 60.5 Å². The van der Waals surface area contributed by atoms with Crippen molar-refractivity contribution in [2.45, 2.75) is 0 Å². The molecule has 2 heteroatoms. The van der Waals surface area contributed by atoms with Gasteiger partial charge in [-0.25, -0.2) is 0 Å². The van der Waals surface area contributed by atoms with Gasteiger partial charge in [0.2, 0.25) is 0 Å². The highest BCUT2D eigenvalue weighted by Gasteiger charge is 2.23. The molecule has 0 saturated carbocycles. The van der Waals surface area contributed by atoms with Crippen molar-refractivity contribution in [3.63, 3.8) is 0 Å². The fourth-order valence-corrected chi connectivity index (χ4v) is 8.64. The molecule has 0 N–H and O–H groups in total. The van der Waals surface area contributed by atoms with E-state index in [1.165, 1.54) is 54.9 Å². The van der Waals surface area contributed by atoms with E-state index in [2.05, 4.69) is 229 Å². The topological polar surface area (TPSA) is 16.4 Å². The summed E-state index contributed by atoms with van der Waals surface area (Å²) in [5.41, 5.74) is 14.3. The van der Waals surface area contributed by atoms with Crippen molar-refractivity contribution in [3.8, 4) is 44.5 Å². The van der Waals surface area contributed by atoms with Gasteiger partial charge in [0.05, 0.1) is 16.8 Å². The van der Waals surface area contributed by atoms with E-state index in [1.807, 2.05) is 0 Å². The maximum atomic E-state index is 6.86. The number of para-hydroxylation sites is 1. The Bertz CT molecular complexity index is 3250. The average Bonchev–Trinajstić information content (AvgIpc) is 3.70. The molecule has 58 heavy (non-hydrogen) atoms. The first kappa shape index (κ1) is 33.6. The fraction of sp³-hybridized carbons (Fsp3) is 0. The highest BCUT2D eigenvalue weighted by molar-refractivity contribution is 6.19. The number of hydrogen-bond donors (Lipinski definition) is 0. The second-order valence-electron chi connectivity index (χ2n) is 14.9. The summed E-state index contributed by atoms with van der Waals surface area (Å²) >= 11 is 0. The van der Waals surface area contributed by atoms with Crippen LogP contribution >= 0.6 is 0 Å². The number of hydrogen-bond acceptors (Lipinski definition) is 2. The van der Waals surface area contributed by atoms with E-state index < -0.39 is 0 Å². The predicted octanol–water partition coefficient (Wildman–Crippen LogP) is 16.0. The fourth-order valence-electron chi connectivity index (χ4n) is 8.64. The van der Waals surface area contributed by atoms with Gasteiger partial charge in [-0.1, -0.05) is 182 Å². The molecule has 0 fully saturated rings. The van der Waals surface area contributed by atoms with Crippen molar-refractivity contribution in [1.82, 2.24) is 0 Å². The maximum Gasteiger partial charge on any atom is 0.145 e. The molecule has 0 unspecified atom stereocenters. The molecule has 272 valence electrons. The van der Waals surface area contributed by atoms with Crippen molar-refractivity contribution in [3.05, 3.63) is 224 Å². The van der Waals surface area contributed by atoms with Gasteiger partial charge in [0.1, 0.15) is 11.2 Å². The standard InChI is InChI=1S/C56H37NO/c1-3-13-38(14-4-1)40-25-27-43(28-26-40)48-35-36-53(55-51-21-9-10-24-54(51)58-56(48)55)57(52-23-12-22-49-47-20-8-7-17-42(47)31-34-50(49)52)46-32-29-41(30-33-46)45-19-11-18-44(37-45)39-15-5-2-6-16-39/h1-37H. The van der Waals surface area contributed by atoms with Crippen LogP contribution in [0.15, 0.2) is 229 Å². The lowest BCUT2D eigenvalue weighted by Crippen LogP contribution is -2.11. The summed E-state index contributed by atoms with van der Waals surface area (Å²) in [5, 5.41) is 7.04. The molecule has 1 aromatic heterocycles. The van der Waals surface area contributed by atoms with E-state index in [0.717, 1.165) is 50.1 Å². The predicted molar refractivity (Wildman–Crippen MR) is 245 cm³/mol. The molecule has 0 radical (unpaired) electrons. The minimum atomic E-state index is 0.865. The van der Waals surface area contributed by atoms with E-state index >= 15 is 0 Å². The minimum Gasteiger partial charge on any atom is -0.455 e. The van der Waals surface area contributed by atoms with Gasteiger partial charge in [-0.05, 0) is 97.6 Å². The van der Waals surface area contributed by atoms with E-state index in [4.69, 9.17) is 4.42 Å². The third-order valence-corrected chi connectivity index (χ3v) is 11.5.